The Morgan fingerprint density at radius 1 is 1.06 bits per heavy atom. The Balaban J connectivity index is 1.73. The predicted molar refractivity (Wildman–Crippen MR) is 121 cm³/mol. The minimum Gasteiger partial charge on any atom is -0.710 e. The van der Waals surface area contributed by atoms with Crippen LogP contribution in [0.3, 0.4) is 0 Å². The van der Waals surface area contributed by atoms with Crippen molar-refractivity contribution in [3.8, 4) is 22.6 Å². The topological polar surface area (TPSA) is 115 Å². The average molecular weight is 449 g/mol. The van der Waals surface area contributed by atoms with Crippen LogP contribution in [0.4, 0.5) is 0 Å². The normalized spacial score (nSPS) is 11.9. The number of nitrogens with zero attached hydrogens (tertiary/aromatic N) is 2. The zero-order valence-corrected chi connectivity index (χ0v) is 18.2. The van der Waals surface area contributed by atoms with E-state index in [2.05, 4.69) is 15.0 Å². The van der Waals surface area contributed by atoms with Crippen LogP contribution in [-0.4, -0.2) is 29.1 Å². The van der Waals surface area contributed by atoms with Crippen molar-refractivity contribution in [1.82, 2.24) is 15.0 Å². The van der Waals surface area contributed by atoms with Crippen molar-refractivity contribution < 1.29 is 17.9 Å². The summed E-state index contributed by atoms with van der Waals surface area (Å²) in [5.74, 6) is 0.956. The number of H-pyrrole nitrogens is 2. The van der Waals surface area contributed by atoms with Gasteiger partial charge in [0.25, 0.3) is 5.65 Å². The van der Waals surface area contributed by atoms with E-state index in [1.807, 2.05) is 12.1 Å². The summed E-state index contributed by atoms with van der Waals surface area (Å²) in [6.45, 7) is 3.31. The van der Waals surface area contributed by atoms with Crippen LogP contribution in [0.1, 0.15) is 12.6 Å². The largest absolute Gasteiger partial charge is 0.710 e. The molecule has 0 saturated carbocycles. The molecule has 0 bridgehead atoms. The molecule has 0 spiro atoms. The van der Waals surface area contributed by atoms with Gasteiger partial charge in [0, 0.05) is 22.7 Å². The van der Waals surface area contributed by atoms with Crippen LogP contribution in [0.2, 0.25) is 0 Å². The number of fused-ring (bicyclic) bond motifs is 2. The van der Waals surface area contributed by atoms with Crippen LogP contribution in [-0.2, 0) is 9.84 Å². The molecule has 32 heavy (non-hydrogen) atoms. The number of aromatic nitrogens is 4. The summed E-state index contributed by atoms with van der Waals surface area (Å²) < 4.78 is 32.2. The summed E-state index contributed by atoms with van der Waals surface area (Å²) >= 11 is 0. The van der Waals surface area contributed by atoms with Crippen LogP contribution in [0.5, 0.6) is 11.5 Å². The van der Waals surface area contributed by atoms with Crippen LogP contribution >= 0.6 is 0 Å². The van der Waals surface area contributed by atoms with E-state index in [4.69, 9.17) is 4.74 Å². The number of hydrogen-bond acceptors (Lipinski definition) is 5. The van der Waals surface area contributed by atoms with Gasteiger partial charge in [-0.2, -0.15) is 0 Å². The van der Waals surface area contributed by atoms with Gasteiger partial charge in [-0.3, -0.25) is 0 Å². The SMILES string of the molecule is CCS(=O)(=O)c1ccc(Oc2cnc3[nH]ccc3c2)c(-c2cc(C)[n+]([O-])c3[nH]ccc23)c1. The molecule has 0 aliphatic heterocycles. The highest BCUT2D eigenvalue weighted by atomic mass is 32.2. The van der Waals surface area contributed by atoms with E-state index in [0.717, 1.165) is 15.8 Å². The lowest BCUT2D eigenvalue weighted by Crippen LogP contribution is -2.31. The molecule has 4 heterocycles. The monoisotopic (exact) mass is 448 g/mol. The average Bonchev–Trinajstić information content (AvgIpc) is 3.46. The van der Waals surface area contributed by atoms with Gasteiger partial charge in [-0.1, -0.05) is 6.92 Å². The molecular weight excluding hydrogens is 428 g/mol. The number of pyridine rings is 2. The number of aromatic amines is 2. The molecule has 5 aromatic rings. The highest BCUT2D eigenvalue weighted by Crippen LogP contribution is 2.38. The Hall–Kier alpha value is -3.85. The summed E-state index contributed by atoms with van der Waals surface area (Å²) in [6.07, 6.45) is 5.08. The molecule has 0 aliphatic carbocycles. The van der Waals surface area contributed by atoms with Gasteiger partial charge in [0.2, 0.25) is 0 Å². The van der Waals surface area contributed by atoms with Crippen LogP contribution < -0.4 is 9.47 Å². The van der Waals surface area contributed by atoms with Gasteiger partial charge in [-0.15, -0.1) is 0 Å². The predicted octanol–water partition coefficient (Wildman–Crippen LogP) is 4.24. The molecule has 0 aliphatic rings. The fraction of sp³-hybridized carbons (Fsp3) is 0.130. The van der Waals surface area contributed by atoms with Crippen molar-refractivity contribution >= 4 is 31.9 Å². The molecule has 0 fully saturated rings. The van der Waals surface area contributed by atoms with Crippen LogP contribution in [0.15, 0.2) is 66.0 Å². The second-order valence-electron chi connectivity index (χ2n) is 7.48. The summed E-state index contributed by atoms with van der Waals surface area (Å²) in [5.41, 5.74) is 2.88. The lowest BCUT2D eigenvalue weighted by atomic mass is 10.0. The molecule has 0 saturated heterocycles. The van der Waals surface area contributed by atoms with E-state index in [1.165, 1.54) is 6.07 Å². The fourth-order valence-corrected chi connectivity index (χ4v) is 4.67. The van der Waals surface area contributed by atoms with Gasteiger partial charge in [-0.25, -0.2) is 23.1 Å². The lowest BCUT2D eigenvalue weighted by Gasteiger charge is -2.16. The lowest BCUT2D eigenvalue weighted by molar-refractivity contribution is -0.586. The number of sulfone groups is 1. The number of nitrogens with one attached hydrogen (secondary N) is 2. The zero-order chi connectivity index (χ0) is 22.5. The zero-order valence-electron chi connectivity index (χ0n) is 17.4. The van der Waals surface area contributed by atoms with E-state index in [1.54, 1.807) is 56.7 Å². The van der Waals surface area contributed by atoms with Crippen molar-refractivity contribution in [2.24, 2.45) is 0 Å². The summed E-state index contributed by atoms with van der Waals surface area (Å²) in [4.78, 5) is 10.5. The third kappa shape index (κ3) is 3.27. The molecule has 9 heteroatoms. The molecule has 1 aromatic carbocycles. The molecule has 0 amide bonds. The number of benzene rings is 1. The van der Waals surface area contributed by atoms with E-state index >= 15 is 0 Å². The van der Waals surface area contributed by atoms with Crippen molar-refractivity contribution in [1.29, 1.82) is 0 Å². The first-order valence-electron chi connectivity index (χ1n) is 10.1. The van der Waals surface area contributed by atoms with Crippen LogP contribution in [0.25, 0.3) is 33.2 Å². The Kier molecular flexibility index (Phi) is 4.63. The molecule has 162 valence electrons. The van der Waals surface area contributed by atoms with Gasteiger partial charge in [-0.05, 0) is 49.4 Å². The second-order valence-corrected chi connectivity index (χ2v) is 9.76. The van der Waals surface area contributed by atoms with Gasteiger partial charge < -0.3 is 14.9 Å². The van der Waals surface area contributed by atoms with E-state index in [0.29, 0.717) is 39.4 Å². The molecule has 5 rings (SSSR count). The third-order valence-corrected chi connectivity index (χ3v) is 7.21. The van der Waals surface area contributed by atoms with Gasteiger partial charge in [0.1, 0.15) is 22.8 Å². The first-order valence-corrected chi connectivity index (χ1v) is 11.7. The third-order valence-electron chi connectivity index (χ3n) is 5.48. The number of ether oxygens (including phenoxy) is 1. The molecule has 0 radical (unpaired) electrons. The maximum atomic E-state index is 12.6. The summed E-state index contributed by atoms with van der Waals surface area (Å²) in [7, 11) is -3.44. The van der Waals surface area contributed by atoms with E-state index in [-0.39, 0.29) is 10.6 Å². The minimum absolute atomic E-state index is 0.0192. The van der Waals surface area contributed by atoms with Gasteiger partial charge in [0.05, 0.1) is 28.4 Å². The van der Waals surface area contributed by atoms with Crippen molar-refractivity contribution in [3.63, 3.8) is 0 Å². The standard InChI is InChI=1S/C23H20N4O4S/c1-3-32(29,30)17-4-5-21(31-16-11-15-6-8-24-22(15)26-13-16)20(12-17)19-10-14(2)27(28)23-18(19)7-9-25-23/h4-13,25H,3H2,1-2H3,(H,24,26). The highest BCUT2D eigenvalue weighted by molar-refractivity contribution is 7.91. The Labute approximate surface area is 184 Å². The van der Waals surface area contributed by atoms with E-state index < -0.39 is 9.84 Å². The van der Waals surface area contributed by atoms with Crippen LogP contribution in [0, 0.1) is 12.1 Å². The molecular formula is C23H20N4O4S. The minimum atomic E-state index is -3.44. The quantitative estimate of drug-likeness (QED) is 0.308. The van der Waals surface area contributed by atoms with Crippen molar-refractivity contribution in [2.75, 3.05) is 5.75 Å². The van der Waals surface area contributed by atoms with Gasteiger partial charge in [0.15, 0.2) is 9.84 Å². The maximum absolute atomic E-state index is 12.6. The Bertz CT molecular complexity index is 1580. The molecule has 4 aromatic heterocycles. The fourth-order valence-electron chi connectivity index (χ4n) is 3.76. The first kappa shape index (κ1) is 20.1. The number of aryl methyl sites for hydroxylation is 1. The first-order chi connectivity index (χ1) is 15.4. The molecule has 8 nitrogen and oxygen atoms in total. The molecule has 0 unspecified atom stereocenters. The molecule has 0 atom stereocenters. The van der Waals surface area contributed by atoms with E-state index in [9.17, 15) is 13.6 Å². The smallest absolute Gasteiger partial charge is 0.290 e. The van der Waals surface area contributed by atoms with Gasteiger partial charge >= 0.3 is 0 Å². The maximum Gasteiger partial charge on any atom is 0.290 e. The van der Waals surface area contributed by atoms with Crippen molar-refractivity contribution in [2.45, 2.75) is 18.7 Å². The Morgan fingerprint density at radius 3 is 2.69 bits per heavy atom. The summed E-state index contributed by atoms with van der Waals surface area (Å²) in [5, 5.41) is 14.0. The number of hydrogen-bond donors (Lipinski definition) is 2. The second kappa shape index (κ2) is 7.38. The Morgan fingerprint density at radius 2 is 1.88 bits per heavy atom. The molecule has 2 N–H and O–H groups in total. The highest BCUT2D eigenvalue weighted by Gasteiger charge is 2.21. The summed E-state index contributed by atoms with van der Waals surface area (Å²) in [6, 6.07) is 12.1. The number of rotatable bonds is 5. The van der Waals surface area contributed by atoms with Crippen molar-refractivity contribution in [3.05, 3.63) is 72.0 Å².